The number of para-hydroxylation sites is 1. The van der Waals surface area contributed by atoms with Crippen LogP contribution in [0.15, 0.2) is 47.4 Å². The summed E-state index contributed by atoms with van der Waals surface area (Å²) in [5.41, 5.74) is 3.27. The third-order valence-corrected chi connectivity index (χ3v) is 5.36. The number of aromatic hydroxyl groups is 1. The first-order valence-electron chi connectivity index (χ1n) is 8.20. The molecule has 4 rings (SSSR count). The average Bonchev–Trinajstić information content (AvgIpc) is 2.93. The summed E-state index contributed by atoms with van der Waals surface area (Å²) in [5, 5.41) is 11.3. The Balaban J connectivity index is 1.95. The summed E-state index contributed by atoms with van der Waals surface area (Å²) in [6.45, 7) is 1.49. The number of halogens is 2. The topological polar surface area (TPSA) is 61.3 Å². The molecular formula is C19H17Cl2N3O2. The van der Waals surface area contributed by atoms with E-state index in [-0.39, 0.29) is 17.5 Å². The molecule has 0 amide bonds. The smallest absolute Gasteiger partial charge is 0.333 e. The first-order valence-corrected chi connectivity index (χ1v) is 8.96. The van der Waals surface area contributed by atoms with Gasteiger partial charge in [-0.3, -0.25) is 0 Å². The molecule has 3 aromatic rings. The number of imidazole rings is 1. The fraction of sp³-hybridized carbons (Fsp3) is 0.211. The first-order chi connectivity index (χ1) is 12.5. The van der Waals surface area contributed by atoms with Gasteiger partial charge in [-0.1, -0.05) is 41.4 Å². The highest BCUT2D eigenvalue weighted by molar-refractivity contribution is 6.35. The number of benzene rings is 2. The van der Waals surface area contributed by atoms with Gasteiger partial charge in [0.15, 0.2) is 0 Å². The van der Waals surface area contributed by atoms with E-state index in [0.29, 0.717) is 15.7 Å². The molecule has 0 aliphatic carbocycles. The van der Waals surface area contributed by atoms with E-state index in [4.69, 9.17) is 23.2 Å². The van der Waals surface area contributed by atoms with E-state index < -0.39 is 0 Å². The van der Waals surface area contributed by atoms with Crippen molar-refractivity contribution in [3.8, 4) is 11.6 Å². The SMILES string of the molecule is CN1Cc2c(Cl)cc(Cl)cc2C(c2ccccc2-n2c(O)c[nH]c2=O)C1. The van der Waals surface area contributed by atoms with Crippen molar-refractivity contribution in [1.82, 2.24) is 14.5 Å². The molecule has 0 saturated carbocycles. The molecule has 0 spiro atoms. The molecule has 1 aromatic heterocycles. The largest absolute Gasteiger partial charge is 0.493 e. The number of aromatic nitrogens is 2. The molecule has 2 N–H and O–H groups in total. The number of nitrogens with one attached hydrogen (secondary N) is 1. The lowest BCUT2D eigenvalue weighted by Crippen LogP contribution is -2.32. The molecule has 7 heteroatoms. The zero-order chi connectivity index (χ0) is 18.4. The Kier molecular flexibility index (Phi) is 4.31. The highest BCUT2D eigenvalue weighted by Crippen LogP contribution is 2.40. The van der Waals surface area contributed by atoms with Gasteiger partial charge in [0.05, 0.1) is 11.9 Å². The highest BCUT2D eigenvalue weighted by Gasteiger charge is 2.29. The highest BCUT2D eigenvalue weighted by atomic mass is 35.5. The van der Waals surface area contributed by atoms with E-state index in [0.717, 1.165) is 29.8 Å². The first kappa shape index (κ1) is 17.2. The second kappa shape index (κ2) is 6.50. The van der Waals surface area contributed by atoms with Gasteiger partial charge in [0.1, 0.15) is 0 Å². The van der Waals surface area contributed by atoms with E-state index in [1.165, 1.54) is 10.8 Å². The van der Waals surface area contributed by atoms with Crippen LogP contribution in [-0.2, 0) is 6.54 Å². The summed E-state index contributed by atoms with van der Waals surface area (Å²) in [6.07, 6.45) is 1.29. The van der Waals surface area contributed by atoms with Crippen molar-refractivity contribution < 1.29 is 5.11 Å². The van der Waals surface area contributed by atoms with E-state index in [1.54, 1.807) is 6.07 Å². The van der Waals surface area contributed by atoms with Gasteiger partial charge in [-0.2, -0.15) is 0 Å². The van der Waals surface area contributed by atoms with Crippen LogP contribution in [0.1, 0.15) is 22.6 Å². The van der Waals surface area contributed by atoms with Crippen molar-refractivity contribution in [2.75, 3.05) is 13.6 Å². The van der Waals surface area contributed by atoms with E-state index in [9.17, 15) is 9.90 Å². The molecule has 2 heterocycles. The Morgan fingerprint density at radius 2 is 1.96 bits per heavy atom. The number of nitrogens with zero attached hydrogens (tertiary/aromatic N) is 2. The van der Waals surface area contributed by atoms with Crippen molar-refractivity contribution in [1.29, 1.82) is 0 Å². The van der Waals surface area contributed by atoms with Gasteiger partial charge >= 0.3 is 5.69 Å². The maximum Gasteiger partial charge on any atom is 0.333 e. The molecule has 1 aliphatic heterocycles. The van der Waals surface area contributed by atoms with Crippen molar-refractivity contribution in [3.05, 3.63) is 79.8 Å². The van der Waals surface area contributed by atoms with Crippen LogP contribution in [0.25, 0.3) is 5.69 Å². The van der Waals surface area contributed by atoms with Crippen LogP contribution in [0.3, 0.4) is 0 Å². The number of hydrogen-bond acceptors (Lipinski definition) is 3. The molecule has 0 saturated heterocycles. The number of fused-ring (bicyclic) bond motifs is 1. The summed E-state index contributed by atoms with van der Waals surface area (Å²) in [5.74, 6) is -0.159. The second-order valence-electron chi connectivity index (χ2n) is 6.55. The van der Waals surface area contributed by atoms with E-state index in [2.05, 4.69) is 9.88 Å². The maximum absolute atomic E-state index is 12.2. The molecule has 26 heavy (non-hydrogen) atoms. The monoisotopic (exact) mass is 389 g/mol. The molecule has 0 fully saturated rings. The Hall–Kier alpha value is -2.21. The number of likely N-dealkylation sites (N-methyl/N-ethyl adjacent to an activating group) is 1. The number of rotatable bonds is 2. The minimum absolute atomic E-state index is 0.0302. The van der Waals surface area contributed by atoms with Crippen LogP contribution in [0.5, 0.6) is 5.88 Å². The molecule has 0 bridgehead atoms. The predicted octanol–water partition coefficient (Wildman–Crippen LogP) is 3.76. The van der Waals surface area contributed by atoms with Gasteiger partial charge in [0.2, 0.25) is 5.88 Å². The van der Waals surface area contributed by atoms with Gasteiger partial charge in [-0.25, -0.2) is 9.36 Å². The number of hydrogen-bond donors (Lipinski definition) is 2. The predicted molar refractivity (Wildman–Crippen MR) is 103 cm³/mol. The van der Waals surface area contributed by atoms with Crippen molar-refractivity contribution >= 4 is 23.2 Å². The van der Waals surface area contributed by atoms with Crippen molar-refractivity contribution in [2.45, 2.75) is 12.5 Å². The van der Waals surface area contributed by atoms with Gasteiger partial charge in [0.25, 0.3) is 0 Å². The summed E-state index contributed by atoms with van der Waals surface area (Å²) in [6, 6.07) is 11.3. The third-order valence-electron chi connectivity index (χ3n) is 4.80. The van der Waals surface area contributed by atoms with Gasteiger partial charge in [-0.05, 0) is 41.9 Å². The normalized spacial score (nSPS) is 17.3. The summed E-state index contributed by atoms with van der Waals surface area (Å²) < 4.78 is 1.27. The van der Waals surface area contributed by atoms with Crippen LogP contribution in [0, 0.1) is 0 Å². The zero-order valence-corrected chi connectivity index (χ0v) is 15.6. The van der Waals surface area contributed by atoms with Crippen LogP contribution in [0.2, 0.25) is 10.0 Å². The molecule has 134 valence electrons. The molecule has 1 unspecified atom stereocenters. The second-order valence-corrected chi connectivity index (χ2v) is 7.39. The Morgan fingerprint density at radius 1 is 1.19 bits per heavy atom. The quantitative estimate of drug-likeness (QED) is 0.701. The van der Waals surface area contributed by atoms with Crippen LogP contribution < -0.4 is 5.69 Å². The lowest BCUT2D eigenvalue weighted by molar-refractivity contribution is 0.295. The Labute approximate surface area is 160 Å². The van der Waals surface area contributed by atoms with Gasteiger partial charge < -0.3 is 15.0 Å². The summed E-state index contributed by atoms with van der Waals surface area (Å²) in [4.78, 5) is 16.9. The van der Waals surface area contributed by atoms with Crippen LogP contribution >= 0.6 is 23.2 Å². The van der Waals surface area contributed by atoms with Crippen LogP contribution in [-0.4, -0.2) is 33.1 Å². The lowest BCUT2D eigenvalue weighted by Gasteiger charge is -2.34. The van der Waals surface area contributed by atoms with Crippen LogP contribution in [0.4, 0.5) is 0 Å². The Morgan fingerprint density at radius 3 is 2.69 bits per heavy atom. The maximum atomic E-state index is 12.2. The Bertz CT molecular complexity index is 1040. The lowest BCUT2D eigenvalue weighted by atomic mass is 9.84. The summed E-state index contributed by atoms with van der Waals surface area (Å²) in [7, 11) is 2.03. The van der Waals surface area contributed by atoms with Gasteiger partial charge in [-0.15, -0.1) is 0 Å². The zero-order valence-electron chi connectivity index (χ0n) is 14.0. The van der Waals surface area contributed by atoms with Crippen molar-refractivity contribution in [2.24, 2.45) is 0 Å². The standard InChI is InChI=1S/C19H17Cl2N3O2/c1-23-9-14(13-6-11(20)7-16(21)15(13)10-23)12-4-2-3-5-17(12)24-18(25)8-22-19(24)26/h2-8,14,25H,9-10H2,1H3,(H,22,26). The third kappa shape index (κ3) is 2.82. The van der Waals surface area contributed by atoms with Crippen molar-refractivity contribution in [3.63, 3.8) is 0 Å². The van der Waals surface area contributed by atoms with Gasteiger partial charge in [0, 0.05) is 29.1 Å². The molecule has 1 atom stereocenters. The number of aromatic amines is 1. The molecule has 2 aromatic carbocycles. The van der Waals surface area contributed by atoms with E-state index >= 15 is 0 Å². The molecular weight excluding hydrogens is 373 g/mol. The molecule has 1 aliphatic rings. The minimum atomic E-state index is -0.386. The molecule has 0 radical (unpaired) electrons. The average molecular weight is 390 g/mol. The summed E-state index contributed by atoms with van der Waals surface area (Å²) >= 11 is 12.7. The number of H-pyrrole nitrogens is 1. The minimum Gasteiger partial charge on any atom is -0.493 e. The molecule has 5 nitrogen and oxygen atoms in total. The fourth-order valence-corrected chi connectivity index (χ4v) is 4.26. The fourth-order valence-electron chi connectivity index (χ4n) is 3.69. The van der Waals surface area contributed by atoms with E-state index in [1.807, 2.05) is 37.4 Å².